The van der Waals surface area contributed by atoms with Gasteiger partial charge in [0, 0.05) is 0 Å². The van der Waals surface area contributed by atoms with Crippen molar-refractivity contribution in [3.63, 3.8) is 0 Å². The van der Waals surface area contributed by atoms with Crippen molar-refractivity contribution in [1.82, 2.24) is 0 Å². The highest BCUT2D eigenvalue weighted by Gasteiger charge is 2.28. The standard InChI is InChI=1S/C12H16ClNO3S/c1-8-5-6-11(9(2)7-8)14(18(4,16)17)10(3)12(13)15/h5-7,10H,1-4H3. The molecule has 0 N–H and O–H groups in total. The molecule has 1 aromatic carbocycles. The topological polar surface area (TPSA) is 54.5 Å². The third-order valence-electron chi connectivity index (χ3n) is 2.63. The second-order valence-corrected chi connectivity index (χ2v) is 6.56. The monoisotopic (exact) mass is 289 g/mol. The van der Waals surface area contributed by atoms with Crippen molar-refractivity contribution >= 4 is 32.6 Å². The highest BCUT2D eigenvalue weighted by molar-refractivity contribution is 7.92. The van der Waals surface area contributed by atoms with Gasteiger partial charge < -0.3 is 0 Å². The third-order valence-corrected chi connectivity index (χ3v) is 4.17. The molecular weight excluding hydrogens is 274 g/mol. The van der Waals surface area contributed by atoms with E-state index < -0.39 is 21.3 Å². The van der Waals surface area contributed by atoms with E-state index in [-0.39, 0.29) is 0 Å². The van der Waals surface area contributed by atoms with Gasteiger partial charge in [0.15, 0.2) is 0 Å². The first-order chi connectivity index (χ1) is 8.14. The van der Waals surface area contributed by atoms with Crippen LogP contribution in [0.25, 0.3) is 0 Å². The van der Waals surface area contributed by atoms with Gasteiger partial charge in [-0.2, -0.15) is 0 Å². The fourth-order valence-electron chi connectivity index (χ4n) is 1.82. The molecule has 0 spiro atoms. The van der Waals surface area contributed by atoms with E-state index in [9.17, 15) is 13.2 Å². The van der Waals surface area contributed by atoms with Crippen molar-refractivity contribution in [2.75, 3.05) is 10.6 Å². The van der Waals surface area contributed by atoms with E-state index in [1.165, 1.54) is 6.92 Å². The number of nitrogens with zero attached hydrogens (tertiary/aromatic N) is 1. The van der Waals surface area contributed by atoms with Crippen molar-refractivity contribution < 1.29 is 13.2 Å². The molecule has 6 heteroatoms. The van der Waals surface area contributed by atoms with Crippen LogP contribution in [0, 0.1) is 13.8 Å². The van der Waals surface area contributed by atoms with Crippen LogP contribution >= 0.6 is 11.6 Å². The smallest absolute Gasteiger partial charge is 0.245 e. The largest absolute Gasteiger partial charge is 0.279 e. The van der Waals surface area contributed by atoms with E-state index in [1.807, 2.05) is 13.0 Å². The number of carbonyl (C=O) groups is 1. The first-order valence-electron chi connectivity index (χ1n) is 5.40. The molecule has 0 aromatic heterocycles. The Morgan fingerprint density at radius 2 is 1.89 bits per heavy atom. The molecule has 0 saturated carbocycles. The number of halogens is 1. The SMILES string of the molecule is Cc1ccc(N(C(C)C(=O)Cl)S(C)(=O)=O)c(C)c1. The molecule has 0 bridgehead atoms. The van der Waals surface area contributed by atoms with Gasteiger partial charge in [-0.25, -0.2) is 8.42 Å². The van der Waals surface area contributed by atoms with Crippen LogP contribution in [-0.2, 0) is 14.8 Å². The summed E-state index contributed by atoms with van der Waals surface area (Å²) in [4.78, 5) is 11.2. The van der Waals surface area contributed by atoms with E-state index in [2.05, 4.69) is 0 Å². The number of benzene rings is 1. The lowest BCUT2D eigenvalue weighted by atomic mass is 10.1. The van der Waals surface area contributed by atoms with Gasteiger partial charge in [0.05, 0.1) is 11.9 Å². The Morgan fingerprint density at radius 1 is 1.33 bits per heavy atom. The molecule has 0 radical (unpaired) electrons. The third kappa shape index (κ3) is 3.23. The van der Waals surface area contributed by atoms with Crippen LogP contribution in [0.1, 0.15) is 18.1 Å². The Bertz CT molecular complexity index is 569. The van der Waals surface area contributed by atoms with Crippen LogP contribution in [-0.4, -0.2) is 26.0 Å². The second kappa shape index (κ2) is 5.28. The molecule has 0 heterocycles. The Kier molecular flexibility index (Phi) is 4.40. The predicted molar refractivity (Wildman–Crippen MR) is 73.6 cm³/mol. The van der Waals surface area contributed by atoms with Gasteiger partial charge in [0.2, 0.25) is 15.3 Å². The van der Waals surface area contributed by atoms with Gasteiger partial charge >= 0.3 is 0 Å². The number of hydrogen-bond acceptors (Lipinski definition) is 3. The zero-order valence-corrected chi connectivity index (χ0v) is 12.3. The molecule has 100 valence electrons. The molecule has 1 unspecified atom stereocenters. The van der Waals surface area contributed by atoms with Gasteiger partial charge in [-0.05, 0) is 44.0 Å². The van der Waals surface area contributed by atoms with Crippen LogP contribution in [0.3, 0.4) is 0 Å². The Hall–Kier alpha value is -1.07. The van der Waals surface area contributed by atoms with Gasteiger partial charge in [0.25, 0.3) is 0 Å². The van der Waals surface area contributed by atoms with E-state index >= 15 is 0 Å². The Labute approximate surface area is 113 Å². The van der Waals surface area contributed by atoms with Gasteiger partial charge in [-0.15, -0.1) is 0 Å². The minimum Gasteiger partial charge on any atom is -0.279 e. The number of hydrogen-bond donors (Lipinski definition) is 0. The van der Waals surface area contributed by atoms with Crippen LogP contribution in [0.2, 0.25) is 0 Å². The molecule has 0 fully saturated rings. The minimum atomic E-state index is -3.57. The zero-order chi connectivity index (χ0) is 14.1. The van der Waals surface area contributed by atoms with E-state index in [4.69, 9.17) is 11.6 Å². The van der Waals surface area contributed by atoms with Crippen molar-refractivity contribution in [1.29, 1.82) is 0 Å². The lowest BCUT2D eigenvalue weighted by Gasteiger charge is -2.28. The summed E-state index contributed by atoms with van der Waals surface area (Å²) in [5.41, 5.74) is 2.28. The zero-order valence-electron chi connectivity index (χ0n) is 10.8. The van der Waals surface area contributed by atoms with E-state index in [0.29, 0.717) is 5.69 Å². The maximum atomic E-state index is 11.8. The van der Waals surface area contributed by atoms with Gasteiger partial charge in [-0.1, -0.05) is 17.7 Å². The molecule has 1 rings (SSSR count). The van der Waals surface area contributed by atoms with Crippen molar-refractivity contribution in [2.45, 2.75) is 26.8 Å². The van der Waals surface area contributed by atoms with Crippen molar-refractivity contribution in [3.8, 4) is 0 Å². The Balaban J connectivity index is 3.40. The fourth-order valence-corrected chi connectivity index (χ4v) is 3.21. The average Bonchev–Trinajstić information content (AvgIpc) is 2.19. The first kappa shape index (κ1) is 15.0. The maximum Gasteiger partial charge on any atom is 0.245 e. The number of aryl methyl sites for hydroxylation is 2. The second-order valence-electron chi connectivity index (χ2n) is 4.33. The van der Waals surface area contributed by atoms with E-state index in [1.54, 1.807) is 19.1 Å². The molecule has 0 aliphatic heterocycles. The summed E-state index contributed by atoms with van der Waals surface area (Å²) in [5.74, 6) is 0. The highest BCUT2D eigenvalue weighted by atomic mass is 35.5. The average molecular weight is 290 g/mol. The summed E-state index contributed by atoms with van der Waals surface area (Å²) in [5, 5.41) is -0.708. The first-order valence-corrected chi connectivity index (χ1v) is 7.63. The number of rotatable bonds is 4. The van der Waals surface area contributed by atoms with Crippen molar-refractivity contribution in [3.05, 3.63) is 29.3 Å². The molecular formula is C12H16ClNO3S. The Morgan fingerprint density at radius 3 is 2.28 bits per heavy atom. The summed E-state index contributed by atoms with van der Waals surface area (Å²) in [6.45, 7) is 5.18. The summed E-state index contributed by atoms with van der Waals surface area (Å²) < 4.78 is 24.7. The lowest BCUT2D eigenvalue weighted by Crippen LogP contribution is -2.41. The summed E-state index contributed by atoms with van der Waals surface area (Å²) in [6.07, 6.45) is 1.06. The minimum absolute atomic E-state index is 0.476. The molecule has 0 aliphatic carbocycles. The molecule has 0 saturated heterocycles. The van der Waals surface area contributed by atoms with Crippen LogP contribution in [0.4, 0.5) is 5.69 Å². The number of anilines is 1. The summed E-state index contributed by atoms with van der Waals surface area (Å²) in [7, 11) is -3.57. The van der Waals surface area contributed by atoms with Crippen molar-refractivity contribution in [2.24, 2.45) is 0 Å². The summed E-state index contributed by atoms with van der Waals surface area (Å²) >= 11 is 5.42. The highest BCUT2D eigenvalue weighted by Crippen LogP contribution is 2.26. The quantitative estimate of drug-likeness (QED) is 0.799. The normalized spacial score (nSPS) is 13.2. The lowest BCUT2D eigenvalue weighted by molar-refractivity contribution is -0.112. The molecule has 1 aromatic rings. The molecule has 0 amide bonds. The molecule has 4 nitrogen and oxygen atoms in total. The summed E-state index contributed by atoms with van der Waals surface area (Å²) in [6, 6.07) is 4.41. The number of carbonyl (C=O) groups excluding carboxylic acids is 1. The number of sulfonamides is 1. The molecule has 1 atom stereocenters. The van der Waals surface area contributed by atoms with Crippen LogP contribution < -0.4 is 4.31 Å². The molecule has 0 aliphatic rings. The van der Waals surface area contributed by atoms with E-state index in [0.717, 1.165) is 21.7 Å². The molecule has 18 heavy (non-hydrogen) atoms. The van der Waals surface area contributed by atoms with Gasteiger partial charge in [-0.3, -0.25) is 9.10 Å². The fraction of sp³-hybridized carbons (Fsp3) is 0.417. The van der Waals surface area contributed by atoms with Crippen LogP contribution in [0.5, 0.6) is 0 Å². The van der Waals surface area contributed by atoms with Crippen LogP contribution in [0.15, 0.2) is 18.2 Å². The maximum absolute atomic E-state index is 11.8. The van der Waals surface area contributed by atoms with Gasteiger partial charge in [0.1, 0.15) is 6.04 Å². The predicted octanol–water partition coefficient (Wildman–Crippen LogP) is 2.22.